The molecule has 2 aromatic rings. The average Bonchev–Trinajstić information content (AvgIpc) is 3.10. The summed E-state index contributed by atoms with van der Waals surface area (Å²) in [7, 11) is 1.74. The zero-order valence-corrected chi connectivity index (χ0v) is 21.5. The maximum atomic E-state index is 13.2. The number of aromatic nitrogens is 1. The molecule has 1 aromatic heterocycles. The van der Waals surface area contributed by atoms with Crippen molar-refractivity contribution in [1.82, 2.24) is 20.5 Å². The number of carbonyl (C=O) groups excluding carboxylic acids is 1. The number of hydrogen-bond acceptors (Lipinski definition) is 5. The van der Waals surface area contributed by atoms with Crippen LogP contribution in [0.15, 0.2) is 35.3 Å². The predicted molar refractivity (Wildman–Crippen MR) is 137 cm³/mol. The molecule has 0 spiro atoms. The minimum absolute atomic E-state index is 0. The Bertz CT molecular complexity index is 833. The van der Waals surface area contributed by atoms with Gasteiger partial charge in [0.25, 0.3) is 0 Å². The van der Waals surface area contributed by atoms with Gasteiger partial charge in [0.05, 0.1) is 29.8 Å². The van der Waals surface area contributed by atoms with Gasteiger partial charge in [-0.15, -0.1) is 35.3 Å². The van der Waals surface area contributed by atoms with Crippen molar-refractivity contribution in [2.75, 3.05) is 46.4 Å². The molecule has 1 aliphatic heterocycles. The number of carbonyl (C=O) groups is 1. The van der Waals surface area contributed by atoms with E-state index in [9.17, 15) is 4.79 Å². The third-order valence-electron chi connectivity index (χ3n) is 5.22. The number of morpholine rings is 1. The lowest BCUT2D eigenvalue weighted by Crippen LogP contribution is -2.47. The number of ether oxygens (including phenoxy) is 1. The minimum atomic E-state index is -0.271. The van der Waals surface area contributed by atoms with Gasteiger partial charge in [-0.1, -0.05) is 30.3 Å². The molecule has 1 aromatic carbocycles. The smallest absolute Gasteiger partial charge is 0.232 e. The second kappa shape index (κ2) is 13.0. The van der Waals surface area contributed by atoms with E-state index < -0.39 is 0 Å². The van der Waals surface area contributed by atoms with Crippen molar-refractivity contribution in [2.45, 2.75) is 26.2 Å². The van der Waals surface area contributed by atoms with Crippen molar-refractivity contribution in [3.63, 3.8) is 0 Å². The van der Waals surface area contributed by atoms with Crippen LogP contribution in [0.3, 0.4) is 0 Å². The summed E-state index contributed by atoms with van der Waals surface area (Å²) >= 11 is 1.74. The number of nitrogens with zero attached hydrogens (tertiary/aromatic N) is 3. The molecular formula is C22H32IN5O2S. The van der Waals surface area contributed by atoms with Gasteiger partial charge in [0.15, 0.2) is 5.96 Å². The highest BCUT2D eigenvalue weighted by Gasteiger charge is 2.27. The van der Waals surface area contributed by atoms with Crippen LogP contribution in [0.5, 0.6) is 0 Å². The van der Waals surface area contributed by atoms with Crippen LogP contribution >= 0.6 is 35.3 Å². The number of rotatable bonds is 7. The van der Waals surface area contributed by atoms with Gasteiger partial charge < -0.3 is 20.3 Å². The van der Waals surface area contributed by atoms with Crippen LogP contribution < -0.4 is 10.6 Å². The summed E-state index contributed by atoms with van der Waals surface area (Å²) in [5.41, 5.74) is 2.11. The average molecular weight is 558 g/mol. The quantitative estimate of drug-likeness (QED) is 0.311. The van der Waals surface area contributed by atoms with E-state index in [1.807, 2.05) is 42.2 Å². The zero-order valence-electron chi connectivity index (χ0n) is 18.4. The van der Waals surface area contributed by atoms with Crippen molar-refractivity contribution in [2.24, 2.45) is 4.99 Å². The molecule has 0 saturated carbocycles. The number of amides is 1. The van der Waals surface area contributed by atoms with Gasteiger partial charge in [-0.25, -0.2) is 4.98 Å². The van der Waals surface area contributed by atoms with Crippen LogP contribution in [0.2, 0.25) is 0 Å². The Labute approximate surface area is 205 Å². The molecule has 1 amide bonds. The molecule has 1 fully saturated rings. The molecule has 7 nitrogen and oxygen atoms in total. The highest BCUT2D eigenvalue weighted by atomic mass is 127. The summed E-state index contributed by atoms with van der Waals surface area (Å²) in [4.78, 5) is 25.2. The van der Waals surface area contributed by atoms with Crippen molar-refractivity contribution in [3.8, 4) is 0 Å². The van der Waals surface area contributed by atoms with E-state index in [4.69, 9.17) is 4.74 Å². The van der Waals surface area contributed by atoms with E-state index in [0.717, 1.165) is 29.2 Å². The molecule has 3 rings (SSSR count). The maximum absolute atomic E-state index is 13.2. The Hall–Kier alpha value is -1.72. The first-order valence-corrected chi connectivity index (χ1v) is 11.2. The Morgan fingerprint density at radius 1 is 1.23 bits per heavy atom. The SMILES string of the molecule is CN=C(NCCc1nc(C)c(C)s1)NCC(C(=O)N1CCOCC1)c1ccccc1.I. The topological polar surface area (TPSA) is 78.8 Å². The van der Waals surface area contributed by atoms with Crippen LogP contribution in [0.1, 0.15) is 27.1 Å². The Morgan fingerprint density at radius 3 is 2.55 bits per heavy atom. The Kier molecular flexibility index (Phi) is 10.7. The lowest BCUT2D eigenvalue weighted by Gasteiger charge is -2.31. The van der Waals surface area contributed by atoms with Crippen molar-refractivity contribution in [3.05, 3.63) is 51.5 Å². The summed E-state index contributed by atoms with van der Waals surface area (Å²) in [5, 5.41) is 7.79. The number of hydrogen-bond donors (Lipinski definition) is 2. The second-order valence-electron chi connectivity index (χ2n) is 7.28. The molecule has 0 bridgehead atoms. The molecule has 1 atom stereocenters. The van der Waals surface area contributed by atoms with Gasteiger partial charge >= 0.3 is 0 Å². The number of nitrogens with one attached hydrogen (secondary N) is 2. The number of benzene rings is 1. The molecule has 2 N–H and O–H groups in total. The molecule has 0 aliphatic carbocycles. The van der Waals surface area contributed by atoms with E-state index in [2.05, 4.69) is 27.5 Å². The summed E-state index contributed by atoms with van der Waals surface area (Å²) in [5.74, 6) is 0.545. The fourth-order valence-electron chi connectivity index (χ4n) is 3.39. The Morgan fingerprint density at radius 2 is 1.94 bits per heavy atom. The molecule has 1 aliphatic rings. The second-order valence-corrected chi connectivity index (χ2v) is 8.57. The van der Waals surface area contributed by atoms with Gasteiger partial charge in [-0.05, 0) is 19.4 Å². The van der Waals surface area contributed by atoms with Crippen molar-refractivity contribution >= 4 is 47.2 Å². The number of aryl methyl sites for hydroxylation is 2. The van der Waals surface area contributed by atoms with E-state index in [0.29, 0.717) is 38.8 Å². The standard InChI is InChI=1S/C22H31N5O2S.HI/c1-16-17(2)30-20(26-16)9-10-24-22(23-3)25-15-19(18-7-5-4-6-8-18)21(28)27-11-13-29-14-12-27;/h4-8,19H,9-15H2,1-3H3,(H2,23,24,25);1H. The van der Waals surface area contributed by atoms with Crippen molar-refractivity contribution < 1.29 is 9.53 Å². The fourth-order valence-corrected chi connectivity index (χ4v) is 4.32. The first-order chi connectivity index (χ1) is 14.6. The molecule has 1 saturated heterocycles. The minimum Gasteiger partial charge on any atom is -0.378 e. The first kappa shape index (κ1) is 25.5. The van der Waals surface area contributed by atoms with E-state index in [1.54, 1.807) is 18.4 Å². The lowest BCUT2D eigenvalue weighted by atomic mass is 9.97. The lowest BCUT2D eigenvalue weighted by molar-refractivity contribution is -0.136. The third-order valence-corrected chi connectivity index (χ3v) is 6.36. The Balaban J connectivity index is 0.00000341. The maximum Gasteiger partial charge on any atom is 0.232 e. The number of aliphatic imine (C=N–C) groups is 1. The van der Waals surface area contributed by atoms with Crippen LogP contribution in [0.25, 0.3) is 0 Å². The predicted octanol–water partition coefficient (Wildman–Crippen LogP) is 2.73. The monoisotopic (exact) mass is 557 g/mol. The number of halogens is 1. The molecule has 170 valence electrons. The van der Waals surface area contributed by atoms with Gasteiger partial charge in [-0.2, -0.15) is 0 Å². The summed E-state index contributed by atoms with van der Waals surface area (Å²) in [6.45, 7) is 7.83. The van der Waals surface area contributed by atoms with Gasteiger partial charge in [0.1, 0.15) is 0 Å². The highest BCUT2D eigenvalue weighted by Crippen LogP contribution is 2.19. The van der Waals surface area contributed by atoms with Crippen LogP contribution in [-0.4, -0.2) is 68.2 Å². The van der Waals surface area contributed by atoms with E-state index in [-0.39, 0.29) is 35.8 Å². The largest absolute Gasteiger partial charge is 0.378 e. The van der Waals surface area contributed by atoms with Crippen LogP contribution in [-0.2, 0) is 16.0 Å². The summed E-state index contributed by atoms with van der Waals surface area (Å²) < 4.78 is 5.40. The molecule has 31 heavy (non-hydrogen) atoms. The number of thiazole rings is 1. The first-order valence-electron chi connectivity index (χ1n) is 10.4. The van der Waals surface area contributed by atoms with E-state index >= 15 is 0 Å². The van der Waals surface area contributed by atoms with Crippen molar-refractivity contribution in [1.29, 1.82) is 0 Å². The van der Waals surface area contributed by atoms with Gasteiger partial charge in [0.2, 0.25) is 5.91 Å². The third kappa shape index (κ3) is 7.43. The summed E-state index contributed by atoms with van der Waals surface area (Å²) in [6, 6.07) is 9.93. The van der Waals surface area contributed by atoms with Gasteiger partial charge in [-0.3, -0.25) is 9.79 Å². The van der Waals surface area contributed by atoms with E-state index in [1.165, 1.54) is 4.88 Å². The zero-order chi connectivity index (χ0) is 21.3. The van der Waals surface area contributed by atoms with Gasteiger partial charge in [0, 0.05) is 44.5 Å². The number of guanidine groups is 1. The molecule has 2 heterocycles. The van der Waals surface area contributed by atoms with Crippen LogP contribution in [0, 0.1) is 13.8 Å². The molecule has 9 heteroatoms. The fraction of sp³-hybridized carbons (Fsp3) is 0.500. The summed E-state index contributed by atoms with van der Waals surface area (Å²) in [6.07, 6.45) is 0.842. The highest BCUT2D eigenvalue weighted by molar-refractivity contribution is 14.0. The molecular weight excluding hydrogens is 525 g/mol. The molecule has 0 radical (unpaired) electrons. The molecule has 1 unspecified atom stereocenters. The normalized spacial score (nSPS) is 15.2. The van der Waals surface area contributed by atoms with Crippen LogP contribution in [0.4, 0.5) is 0 Å².